The minimum absolute atomic E-state index is 0.576. The van der Waals surface area contributed by atoms with Gasteiger partial charge < -0.3 is 13.9 Å². The van der Waals surface area contributed by atoms with Crippen LogP contribution in [0.5, 0.6) is 0 Å². The van der Waals surface area contributed by atoms with Gasteiger partial charge in [-0.25, -0.2) is 0 Å². The third-order valence-corrected chi connectivity index (χ3v) is 13.2. The van der Waals surface area contributed by atoms with Crippen molar-refractivity contribution in [1.29, 1.82) is 0 Å². The lowest BCUT2D eigenvalue weighted by Gasteiger charge is -2.35. The van der Waals surface area contributed by atoms with Crippen molar-refractivity contribution in [3.63, 3.8) is 0 Å². The Morgan fingerprint density at radius 3 is 1.68 bits per heavy atom. The summed E-state index contributed by atoms with van der Waals surface area (Å²) in [6, 6.07) is 84.3. The summed E-state index contributed by atoms with van der Waals surface area (Å²) in [5.41, 5.74) is 15.4. The van der Waals surface area contributed by atoms with Gasteiger partial charge in [-0.3, -0.25) is 0 Å². The number of anilines is 3. The van der Waals surface area contributed by atoms with E-state index in [9.17, 15) is 0 Å². The van der Waals surface area contributed by atoms with Gasteiger partial charge in [-0.1, -0.05) is 152 Å². The number of hydrogen-bond donors (Lipinski definition) is 0. The van der Waals surface area contributed by atoms with Crippen LogP contribution in [-0.2, 0) is 5.41 Å². The normalized spacial score (nSPS) is 13.0. The smallest absolute Gasteiger partial charge is 0.135 e. The second-order valence-electron chi connectivity index (χ2n) is 16.5. The molecule has 0 atom stereocenters. The van der Waals surface area contributed by atoms with Gasteiger partial charge in [0.05, 0.1) is 16.4 Å². The summed E-state index contributed by atoms with van der Waals surface area (Å²) >= 11 is 0. The minimum atomic E-state index is -0.576. The molecule has 0 radical (unpaired) electrons. The van der Waals surface area contributed by atoms with Crippen molar-refractivity contribution in [1.82, 2.24) is 4.57 Å². The molecule has 62 heavy (non-hydrogen) atoms. The van der Waals surface area contributed by atoms with Crippen molar-refractivity contribution in [3.05, 3.63) is 253 Å². The molecule has 1 aliphatic rings. The molecule has 0 aliphatic heterocycles. The van der Waals surface area contributed by atoms with Crippen LogP contribution >= 0.6 is 0 Å². The fourth-order valence-electron chi connectivity index (χ4n) is 10.6. The van der Waals surface area contributed by atoms with E-state index in [0.717, 1.165) is 50.2 Å². The van der Waals surface area contributed by atoms with E-state index in [0.29, 0.717) is 0 Å². The summed E-state index contributed by atoms with van der Waals surface area (Å²) in [5.74, 6) is 0. The van der Waals surface area contributed by atoms with Crippen LogP contribution in [0.15, 0.2) is 235 Å². The van der Waals surface area contributed by atoms with Crippen LogP contribution in [0.1, 0.15) is 22.3 Å². The molecule has 0 unspecified atom stereocenters. The van der Waals surface area contributed by atoms with Crippen molar-refractivity contribution in [2.24, 2.45) is 0 Å². The fraction of sp³-hybridized carbons (Fsp3) is 0.0169. The van der Waals surface area contributed by atoms with Crippen LogP contribution in [-0.4, -0.2) is 4.57 Å². The Kier molecular flexibility index (Phi) is 7.52. The molecule has 2 heterocycles. The maximum Gasteiger partial charge on any atom is 0.135 e. The zero-order chi connectivity index (χ0) is 40.8. The number of nitrogens with zero attached hydrogens (tertiary/aromatic N) is 2. The summed E-state index contributed by atoms with van der Waals surface area (Å²) in [7, 11) is 0. The molecular formula is C59H38N2O. The van der Waals surface area contributed by atoms with Gasteiger partial charge in [0.15, 0.2) is 0 Å². The predicted molar refractivity (Wildman–Crippen MR) is 258 cm³/mol. The maximum absolute atomic E-state index is 6.39. The monoisotopic (exact) mass is 790 g/mol. The van der Waals surface area contributed by atoms with Gasteiger partial charge >= 0.3 is 0 Å². The van der Waals surface area contributed by atoms with Gasteiger partial charge in [-0.05, 0) is 123 Å². The first-order valence-electron chi connectivity index (χ1n) is 21.3. The third-order valence-electron chi connectivity index (χ3n) is 13.2. The van der Waals surface area contributed by atoms with Gasteiger partial charge in [-0.2, -0.15) is 0 Å². The Balaban J connectivity index is 1.12. The minimum Gasteiger partial charge on any atom is -0.456 e. The van der Waals surface area contributed by atoms with Gasteiger partial charge in [0.2, 0.25) is 0 Å². The molecule has 0 saturated heterocycles. The molecule has 10 aromatic carbocycles. The van der Waals surface area contributed by atoms with E-state index in [1.807, 2.05) is 6.07 Å². The molecule has 1 aliphatic carbocycles. The molecule has 0 saturated carbocycles. The van der Waals surface area contributed by atoms with Crippen molar-refractivity contribution >= 4 is 71.6 Å². The second-order valence-corrected chi connectivity index (χ2v) is 16.5. The van der Waals surface area contributed by atoms with Crippen LogP contribution < -0.4 is 4.90 Å². The largest absolute Gasteiger partial charge is 0.456 e. The molecule has 0 N–H and O–H groups in total. The molecule has 13 rings (SSSR count). The Hall–Kier alpha value is -8.14. The molecule has 12 aromatic rings. The summed E-state index contributed by atoms with van der Waals surface area (Å²) in [4.78, 5) is 2.44. The quantitative estimate of drug-likeness (QED) is 0.167. The van der Waals surface area contributed by atoms with E-state index in [1.165, 1.54) is 60.4 Å². The SMILES string of the molecule is c1ccc(-n2c3ccccc3c3ccc(N(c4ccc5c(c4)C(c4ccccc4)(c4ccccc4)c4cc6ccccc6cc4-5)c4ccc5oc6ccccc6c5c4)cc32)cc1. The van der Waals surface area contributed by atoms with Crippen molar-refractivity contribution in [2.45, 2.75) is 5.41 Å². The zero-order valence-corrected chi connectivity index (χ0v) is 33.7. The summed E-state index contributed by atoms with van der Waals surface area (Å²) in [6.07, 6.45) is 0. The van der Waals surface area contributed by atoms with Crippen LogP contribution in [0.2, 0.25) is 0 Å². The predicted octanol–water partition coefficient (Wildman–Crippen LogP) is 15.7. The highest BCUT2D eigenvalue weighted by Crippen LogP contribution is 2.58. The number of rotatable bonds is 6. The van der Waals surface area contributed by atoms with Gasteiger partial charge in [-0.15, -0.1) is 0 Å². The average molecular weight is 791 g/mol. The second kappa shape index (κ2) is 13.4. The van der Waals surface area contributed by atoms with Crippen LogP contribution in [0.4, 0.5) is 17.1 Å². The Bertz CT molecular complexity index is 3660. The van der Waals surface area contributed by atoms with Gasteiger partial charge in [0.1, 0.15) is 11.2 Å². The van der Waals surface area contributed by atoms with E-state index in [4.69, 9.17) is 4.42 Å². The Labute approximate surface area is 359 Å². The van der Waals surface area contributed by atoms with Crippen LogP contribution in [0.3, 0.4) is 0 Å². The molecule has 2 aromatic heterocycles. The van der Waals surface area contributed by atoms with E-state index < -0.39 is 5.41 Å². The van der Waals surface area contributed by atoms with E-state index in [-0.39, 0.29) is 0 Å². The summed E-state index contributed by atoms with van der Waals surface area (Å²) < 4.78 is 8.79. The molecular weight excluding hydrogens is 753 g/mol. The topological polar surface area (TPSA) is 21.3 Å². The number of hydrogen-bond acceptors (Lipinski definition) is 2. The molecule has 0 amide bonds. The highest BCUT2D eigenvalue weighted by Gasteiger charge is 2.46. The molecule has 3 heteroatoms. The van der Waals surface area contributed by atoms with Crippen molar-refractivity contribution in [2.75, 3.05) is 4.90 Å². The number of aromatic nitrogens is 1. The van der Waals surface area contributed by atoms with Crippen molar-refractivity contribution in [3.8, 4) is 16.8 Å². The standard InChI is InChI=1S/C59H38N2O/c1-4-18-41(19-5-1)59(42-20-6-2-7-21-42)53-35-40-17-11-10-16-39(40)34-51(53)47-31-28-45(37-54(47)59)60(44-30-33-58-52(36-44)50-25-13-15-27-57(50)62-58)46-29-32-49-48-24-12-14-26-55(48)61(56(49)38-46)43-22-8-3-9-23-43/h1-38H. The first-order chi connectivity index (χ1) is 30.7. The van der Waals surface area contributed by atoms with Gasteiger partial charge in [0, 0.05) is 44.3 Å². The number of para-hydroxylation sites is 3. The first-order valence-corrected chi connectivity index (χ1v) is 21.3. The molecule has 0 spiro atoms. The number of furan rings is 1. The Morgan fingerprint density at radius 2 is 0.903 bits per heavy atom. The van der Waals surface area contributed by atoms with Crippen LogP contribution in [0, 0.1) is 0 Å². The van der Waals surface area contributed by atoms with E-state index in [1.54, 1.807) is 0 Å². The number of fused-ring (bicyclic) bond motifs is 10. The van der Waals surface area contributed by atoms with Crippen LogP contribution in [0.25, 0.3) is 71.3 Å². The zero-order valence-electron chi connectivity index (χ0n) is 33.7. The number of benzene rings is 10. The summed E-state index contributed by atoms with van der Waals surface area (Å²) in [5, 5.41) is 7.11. The molecule has 0 bridgehead atoms. The first kappa shape index (κ1) is 34.7. The Morgan fingerprint density at radius 1 is 0.355 bits per heavy atom. The van der Waals surface area contributed by atoms with Crippen molar-refractivity contribution < 1.29 is 4.42 Å². The van der Waals surface area contributed by atoms with E-state index >= 15 is 0 Å². The highest BCUT2D eigenvalue weighted by molar-refractivity contribution is 6.11. The maximum atomic E-state index is 6.39. The lowest BCUT2D eigenvalue weighted by molar-refractivity contribution is 0.669. The third kappa shape index (κ3) is 5.00. The molecule has 3 nitrogen and oxygen atoms in total. The summed E-state index contributed by atoms with van der Waals surface area (Å²) in [6.45, 7) is 0. The average Bonchev–Trinajstić information content (AvgIpc) is 3.97. The lowest BCUT2D eigenvalue weighted by Crippen LogP contribution is -2.28. The van der Waals surface area contributed by atoms with Gasteiger partial charge in [0.25, 0.3) is 0 Å². The molecule has 0 fully saturated rings. The fourth-order valence-corrected chi connectivity index (χ4v) is 10.6. The lowest BCUT2D eigenvalue weighted by atomic mass is 9.67. The highest BCUT2D eigenvalue weighted by atomic mass is 16.3. The van der Waals surface area contributed by atoms with E-state index in [2.05, 4.69) is 234 Å². The molecule has 290 valence electrons.